The molecule has 2 fully saturated rings. The number of hydrogen-bond acceptors (Lipinski definition) is 2. The fourth-order valence-electron chi connectivity index (χ4n) is 3.62. The SMILES string of the molecule is Cc1ccc(C)c(CC2(C(=O)O)CC3CCC2O3)c1. The summed E-state index contributed by atoms with van der Waals surface area (Å²) >= 11 is 0. The standard InChI is InChI=1S/C16H20O3/c1-10-3-4-11(2)12(7-10)8-16(15(17)18)9-13-5-6-14(16)19-13/h3-4,7,13-14H,5-6,8-9H2,1-2H3,(H,17,18). The van der Waals surface area contributed by atoms with Gasteiger partial charge < -0.3 is 9.84 Å². The summed E-state index contributed by atoms with van der Waals surface area (Å²) in [5.41, 5.74) is 2.80. The molecule has 3 heteroatoms. The fraction of sp³-hybridized carbons (Fsp3) is 0.562. The molecule has 2 aliphatic rings. The van der Waals surface area contributed by atoms with E-state index >= 15 is 0 Å². The van der Waals surface area contributed by atoms with Gasteiger partial charge >= 0.3 is 5.97 Å². The molecule has 0 saturated carbocycles. The van der Waals surface area contributed by atoms with Gasteiger partial charge in [0.25, 0.3) is 0 Å². The van der Waals surface area contributed by atoms with Crippen LogP contribution >= 0.6 is 0 Å². The highest BCUT2D eigenvalue weighted by atomic mass is 16.5. The Morgan fingerprint density at radius 3 is 2.79 bits per heavy atom. The number of aliphatic carboxylic acids is 1. The topological polar surface area (TPSA) is 46.5 Å². The molecule has 2 aliphatic heterocycles. The minimum Gasteiger partial charge on any atom is -0.481 e. The first-order valence-corrected chi connectivity index (χ1v) is 6.96. The highest BCUT2D eigenvalue weighted by molar-refractivity contribution is 5.77. The molecular weight excluding hydrogens is 240 g/mol. The third kappa shape index (κ3) is 1.96. The molecule has 19 heavy (non-hydrogen) atoms. The van der Waals surface area contributed by atoms with Crippen molar-refractivity contribution >= 4 is 5.97 Å². The number of hydrogen-bond donors (Lipinski definition) is 1. The summed E-state index contributed by atoms with van der Waals surface area (Å²) in [5.74, 6) is -0.694. The van der Waals surface area contributed by atoms with Crippen molar-refractivity contribution in [1.29, 1.82) is 0 Å². The summed E-state index contributed by atoms with van der Waals surface area (Å²) in [5, 5.41) is 9.73. The summed E-state index contributed by atoms with van der Waals surface area (Å²) in [7, 11) is 0. The lowest BCUT2D eigenvalue weighted by atomic mass is 9.69. The van der Waals surface area contributed by atoms with Gasteiger partial charge in [0.15, 0.2) is 0 Å². The Morgan fingerprint density at radius 2 is 2.21 bits per heavy atom. The van der Waals surface area contributed by atoms with Crippen LogP contribution in [0.3, 0.4) is 0 Å². The van der Waals surface area contributed by atoms with Crippen LogP contribution in [-0.4, -0.2) is 23.3 Å². The van der Waals surface area contributed by atoms with E-state index in [0.717, 1.165) is 18.4 Å². The number of carboxylic acids is 1. The summed E-state index contributed by atoms with van der Waals surface area (Å²) in [6, 6.07) is 6.27. The van der Waals surface area contributed by atoms with E-state index in [-0.39, 0.29) is 12.2 Å². The molecule has 1 aromatic carbocycles. The van der Waals surface area contributed by atoms with Crippen LogP contribution in [-0.2, 0) is 16.0 Å². The quantitative estimate of drug-likeness (QED) is 0.909. The van der Waals surface area contributed by atoms with Gasteiger partial charge in [-0.15, -0.1) is 0 Å². The molecule has 2 saturated heterocycles. The van der Waals surface area contributed by atoms with Gasteiger partial charge in [-0.1, -0.05) is 23.8 Å². The zero-order valence-corrected chi connectivity index (χ0v) is 11.5. The van der Waals surface area contributed by atoms with Gasteiger partial charge in [-0.3, -0.25) is 4.79 Å². The number of carboxylic acid groups (broad SMARTS) is 1. The van der Waals surface area contributed by atoms with Crippen LogP contribution in [0.1, 0.15) is 36.0 Å². The van der Waals surface area contributed by atoms with E-state index in [0.29, 0.717) is 12.8 Å². The van der Waals surface area contributed by atoms with E-state index in [1.54, 1.807) is 0 Å². The van der Waals surface area contributed by atoms with Crippen LogP contribution in [0.15, 0.2) is 18.2 Å². The van der Waals surface area contributed by atoms with Crippen molar-refractivity contribution < 1.29 is 14.6 Å². The Labute approximate surface area is 113 Å². The molecule has 3 rings (SSSR count). The summed E-state index contributed by atoms with van der Waals surface area (Å²) in [6.07, 6.45) is 3.23. The molecular formula is C16H20O3. The van der Waals surface area contributed by atoms with Crippen LogP contribution in [0.4, 0.5) is 0 Å². The molecule has 0 aliphatic carbocycles. The maximum absolute atomic E-state index is 11.8. The molecule has 3 nitrogen and oxygen atoms in total. The maximum atomic E-state index is 11.8. The van der Waals surface area contributed by atoms with Crippen LogP contribution in [0.5, 0.6) is 0 Å². The Balaban J connectivity index is 1.95. The van der Waals surface area contributed by atoms with Gasteiger partial charge in [-0.2, -0.15) is 0 Å². The van der Waals surface area contributed by atoms with Crippen molar-refractivity contribution in [2.75, 3.05) is 0 Å². The lowest BCUT2D eigenvalue weighted by molar-refractivity contribution is -0.152. The van der Waals surface area contributed by atoms with Crippen LogP contribution in [0.2, 0.25) is 0 Å². The molecule has 0 amide bonds. The monoisotopic (exact) mass is 260 g/mol. The van der Waals surface area contributed by atoms with Crippen molar-refractivity contribution in [3.8, 4) is 0 Å². The van der Waals surface area contributed by atoms with Crippen LogP contribution < -0.4 is 0 Å². The van der Waals surface area contributed by atoms with Gasteiger partial charge in [0, 0.05) is 0 Å². The third-order valence-corrected chi connectivity index (χ3v) is 4.75. The normalized spacial score (nSPS) is 32.7. The Kier molecular flexibility index (Phi) is 2.90. The maximum Gasteiger partial charge on any atom is 0.312 e. The molecule has 3 atom stereocenters. The molecule has 1 N–H and O–H groups in total. The molecule has 0 aromatic heterocycles. The number of aryl methyl sites for hydroxylation is 2. The van der Waals surface area contributed by atoms with Gasteiger partial charge in [0.05, 0.1) is 12.2 Å². The van der Waals surface area contributed by atoms with Crippen molar-refractivity contribution in [3.63, 3.8) is 0 Å². The molecule has 0 spiro atoms. The van der Waals surface area contributed by atoms with E-state index in [1.807, 2.05) is 6.92 Å². The number of rotatable bonds is 3. The predicted molar refractivity (Wildman–Crippen MR) is 72.2 cm³/mol. The number of carbonyl (C=O) groups is 1. The molecule has 0 radical (unpaired) electrons. The van der Waals surface area contributed by atoms with Gasteiger partial charge in [0.1, 0.15) is 5.41 Å². The fourth-order valence-corrected chi connectivity index (χ4v) is 3.62. The second-order valence-electron chi connectivity index (χ2n) is 6.10. The van der Waals surface area contributed by atoms with Crippen LogP contribution in [0, 0.1) is 19.3 Å². The Morgan fingerprint density at radius 1 is 1.42 bits per heavy atom. The average molecular weight is 260 g/mol. The van der Waals surface area contributed by atoms with Gasteiger partial charge in [-0.25, -0.2) is 0 Å². The second kappa shape index (κ2) is 4.34. The first-order valence-electron chi connectivity index (χ1n) is 6.96. The molecule has 3 unspecified atom stereocenters. The van der Waals surface area contributed by atoms with Gasteiger partial charge in [0.2, 0.25) is 0 Å². The first-order chi connectivity index (χ1) is 9.01. The highest BCUT2D eigenvalue weighted by Crippen LogP contribution is 2.50. The first kappa shape index (κ1) is 12.7. The molecule has 1 aromatic rings. The summed E-state index contributed by atoms with van der Waals surface area (Å²) < 4.78 is 5.81. The highest BCUT2D eigenvalue weighted by Gasteiger charge is 2.57. The Hall–Kier alpha value is -1.35. The van der Waals surface area contributed by atoms with E-state index in [4.69, 9.17) is 4.74 Å². The minimum atomic E-state index is -0.707. The number of benzene rings is 1. The van der Waals surface area contributed by atoms with E-state index in [1.165, 1.54) is 11.1 Å². The third-order valence-electron chi connectivity index (χ3n) is 4.75. The van der Waals surface area contributed by atoms with Crippen molar-refractivity contribution in [2.24, 2.45) is 5.41 Å². The van der Waals surface area contributed by atoms with Crippen molar-refractivity contribution in [2.45, 2.75) is 51.7 Å². The second-order valence-corrected chi connectivity index (χ2v) is 6.10. The molecule has 2 heterocycles. The number of fused-ring (bicyclic) bond motifs is 2. The van der Waals surface area contributed by atoms with Crippen molar-refractivity contribution in [3.05, 3.63) is 34.9 Å². The smallest absolute Gasteiger partial charge is 0.312 e. The van der Waals surface area contributed by atoms with Crippen molar-refractivity contribution in [1.82, 2.24) is 0 Å². The molecule has 2 bridgehead atoms. The van der Waals surface area contributed by atoms with Gasteiger partial charge in [-0.05, 0) is 50.7 Å². The lowest BCUT2D eigenvalue weighted by Crippen LogP contribution is -2.42. The largest absolute Gasteiger partial charge is 0.481 e. The molecule has 102 valence electrons. The van der Waals surface area contributed by atoms with E-state index in [9.17, 15) is 9.90 Å². The summed E-state index contributed by atoms with van der Waals surface area (Å²) in [4.78, 5) is 11.8. The minimum absolute atomic E-state index is 0.102. The predicted octanol–water partition coefficient (Wildman–Crippen LogP) is 2.87. The Bertz CT molecular complexity index is 523. The number of ether oxygens (including phenoxy) is 1. The zero-order valence-electron chi connectivity index (χ0n) is 11.5. The zero-order chi connectivity index (χ0) is 13.6. The van der Waals surface area contributed by atoms with E-state index in [2.05, 4.69) is 25.1 Å². The lowest BCUT2D eigenvalue weighted by Gasteiger charge is -2.31. The van der Waals surface area contributed by atoms with E-state index < -0.39 is 11.4 Å². The van der Waals surface area contributed by atoms with Crippen LogP contribution in [0.25, 0.3) is 0 Å². The summed E-state index contributed by atoms with van der Waals surface area (Å²) in [6.45, 7) is 4.10. The average Bonchev–Trinajstić information content (AvgIpc) is 2.94.